The molecule has 0 saturated heterocycles. The van der Waals surface area contributed by atoms with Crippen molar-refractivity contribution in [3.05, 3.63) is 33.8 Å². The number of benzene rings is 1. The molecule has 0 aliphatic carbocycles. The van der Waals surface area contributed by atoms with Crippen LogP contribution in [0.3, 0.4) is 0 Å². The quantitative estimate of drug-likeness (QED) is 0.780. The van der Waals surface area contributed by atoms with E-state index in [1.54, 1.807) is 18.2 Å². The fourth-order valence-corrected chi connectivity index (χ4v) is 1.72. The Morgan fingerprint density at radius 1 is 1.22 bits per heavy atom. The number of nitrogens with two attached hydrogens (primary N) is 1. The molecule has 0 aromatic heterocycles. The zero-order valence-electron chi connectivity index (χ0n) is 9.62. The molecule has 18 heavy (non-hydrogen) atoms. The molecule has 0 bridgehead atoms. The van der Waals surface area contributed by atoms with Crippen molar-refractivity contribution in [1.82, 2.24) is 0 Å². The third kappa shape index (κ3) is 5.14. The number of carbonyl (C=O) groups excluding carboxylic acids is 2. The van der Waals surface area contributed by atoms with Crippen LogP contribution < -0.4 is 5.73 Å². The zero-order chi connectivity index (χ0) is 13.5. The first-order valence-corrected chi connectivity index (χ1v) is 6.03. The van der Waals surface area contributed by atoms with Gasteiger partial charge in [0.2, 0.25) is 0 Å². The molecular formula is C12H13Cl2NO3. The van der Waals surface area contributed by atoms with Gasteiger partial charge in [0.25, 0.3) is 0 Å². The zero-order valence-corrected chi connectivity index (χ0v) is 11.1. The van der Waals surface area contributed by atoms with Gasteiger partial charge in [0.15, 0.2) is 11.6 Å². The van der Waals surface area contributed by atoms with E-state index in [0.29, 0.717) is 10.0 Å². The molecule has 0 saturated carbocycles. The Balaban J connectivity index is 2.37. The number of hydrogen-bond donors (Lipinski definition) is 1. The van der Waals surface area contributed by atoms with E-state index in [1.807, 2.05) is 0 Å². The summed E-state index contributed by atoms with van der Waals surface area (Å²) in [5.41, 5.74) is 5.84. The summed E-state index contributed by atoms with van der Waals surface area (Å²) in [6.07, 6.45) is -0.190. The van der Waals surface area contributed by atoms with Gasteiger partial charge in [-0.05, 0) is 17.7 Å². The van der Waals surface area contributed by atoms with Gasteiger partial charge < -0.3 is 10.5 Å². The van der Waals surface area contributed by atoms with Crippen LogP contribution in [0.4, 0.5) is 0 Å². The van der Waals surface area contributed by atoms with Crippen molar-refractivity contribution in [2.24, 2.45) is 5.73 Å². The van der Waals surface area contributed by atoms with Gasteiger partial charge in [-0.2, -0.15) is 0 Å². The topological polar surface area (TPSA) is 69.4 Å². The molecule has 0 spiro atoms. The van der Waals surface area contributed by atoms with Crippen molar-refractivity contribution < 1.29 is 14.3 Å². The summed E-state index contributed by atoms with van der Waals surface area (Å²) in [6, 6.07) is 5.01. The first kappa shape index (κ1) is 15.1. The van der Waals surface area contributed by atoms with Gasteiger partial charge in [0.05, 0.1) is 19.6 Å². The van der Waals surface area contributed by atoms with E-state index in [-0.39, 0.29) is 37.7 Å². The van der Waals surface area contributed by atoms with Crippen LogP contribution in [0.5, 0.6) is 0 Å². The van der Waals surface area contributed by atoms with Crippen LogP contribution in [-0.4, -0.2) is 24.7 Å². The van der Waals surface area contributed by atoms with Gasteiger partial charge in [-0.15, -0.1) is 0 Å². The molecule has 0 amide bonds. The molecular weight excluding hydrogens is 277 g/mol. The molecule has 1 rings (SSSR count). The highest BCUT2D eigenvalue weighted by Crippen LogP contribution is 2.21. The Hall–Kier alpha value is -0.940. The molecule has 0 atom stereocenters. The number of carbonyl (C=O) groups is 2. The van der Waals surface area contributed by atoms with Crippen LogP contribution in [0, 0.1) is 0 Å². The minimum absolute atomic E-state index is 0.130. The summed E-state index contributed by atoms with van der Waals surface area (Å²) in [7, 11) is 0. The number of ketones is 2. The Labute approximate surface area is 115 Å². The van der Waals surface area contributed by atoms with Crippen LogP contribution in [0.1, 0.15) is 12.0 Å². The van der Waals surface area contributed by atoms with Crippen molar-refractivity contribution in [1.29, 1.82) is 0 Å². The normalized spacial score (nSPS) is 10.4. The van der Waals surface area contributed by atoms with Crippen LogP contribution in [0.2, 0.25) is 10.0 Å². The average Bonchev–Trinajstić information content (AvgIpc) is 2.31. The minimum Gasteiger partial charge on any atom is -0.369 e. The van der Waals surface area contributed by atoms with Gasteiger partial charge >= 0.3 is 0 Å². The second kappa shape index (κ2) is 7.48. The summed E-state index contributed by atoms with van der Waals surface area (Å²) in [6.45, 7) is -0.0714. The van der Waals surface area contributed by atoms with E-state index in [4.69, 9.17) is 33.7 Å². The summed E-state index contributed by atoms with van der Waals surface area (Å²) >= 11 is 11.7. The van der Waals surface area contributed by atoms with Crippen LogP contribution in [0.15, 0.2) is 18.2 Å². The van der Waals surface area contributed by atoms with Crippen molar-refractivity contribution in [3.63, 3.8) is 0 Å². The minimum atomic E-state index is -0.298. The molecule has 2 N–H and O–H groups in total. The molecule has 0 heterocycles. The molecule has 0 radical (unpaired) electrons. The summed E-state index contributed by atoms with van der Waals surface area (Å²) in [5.74, 6) is -0.594. The second-order valence-corrected chi connectivity index (χ2v) is 4.53. The van der Waals surface area contributed by atoms with Crippen molar-refractivity contribution in [2.75, 3.05) is 13.2 Å². The summed E-state index contributed by atoms with van der Waals surface area (Å²) < 4.78 is 5.18. The molecule has 4 nitrogen and oxygen atoms in total. The monoisotopic (exact) mass is 289 g/mol. The molecule has 0 aliphatic rings. The highest BCUT2D eigenvalue weighted by atomic mass is 35.5. The van der Waals surface area contributed by atoms with Gasteiger partial charge in [-0.3, -0.25) is 9.59 Å². The van der Waals surface area contributed by atoms with Gasteiger partial charge in [0.1, 0.15) is 6.61 Å². The van der Waals surface area contributed by atoms with Crippen molar-refractivity contribution in [2.45, 2.75) is 13.0 Å². The van der Waals surface area contributed by atoms with Crippen LogP contribution in [-0.2, 0) is 20.9 Å². The third-order valence-electron chi connectivity index (χ3n) is 2.16. The number of rotatable bonds is 7. The molecule has 1 aromatic rings. The molecule has 0 aliphatic heterocycles. The lowest BCUT2D eigenvalue weighted by Crippen LogP contribution is -2.20. The van der Waals surface area contributed by atoms with Crippen molar-refractivity contribution >= 4 is 34.8 Å². The highest BCUT2D eigenvalue weighted by molar-refractivity contribution is 6.35. The van der Waals surface area contributed by atoms with E-state index >= 15 is 0 Å². The standard InChI is InChI=1S/C12H13Cl2NO3/c13-9-2-1-8(12(14)3-9)6-18-7-11(17)4-10(16)5-15/h1-3H,4-7,15H2. The third-order valence-corrected chi connectivity index (χ3v) is 2.74. The lowest BCUT2D eigenvalue weighted by molar-refractivity contribution is -0.129. The van der Waals surface area contributed by atoms with E-state index in [1.165, 1.54) is 0 Å². The molecule has 6 heteroatoms. The summed E-state index contributed by atoms with van der Waals surface area (Å²) in [5, 5.41) is 1.02. The van der Waals surface area contributed by atoms with E-state index in [2.05, 4.69) is 0 Å². The van der Waals surface area contributed by atoms with E-state index in [0.717, 1.165) is 5.56 Å². The van der Waals surface area contributed by atoms with Gasteiger partial charge in [0, 0.05) is 10.0 Å². The maximum atomic E-state index is 11.3. The second-order valence-electron chi connectivity index (χ2n) is 3.69. The largest absolute Gasteiger partial charge is 0.369 e. The van der Waals surface area contributed by atoms with Gasteiger partial charge in [-0.25, -0.2) is 0 Å². The molecule has 0 unspecified atom stereocenters. The summed E-state index contributed by atoms with van der Waals surface area (Å²) in [4.78, 5) is 22.2. The lowest BCUT2D eigenvalue weighted by Gasteiger charge is -2.05. The van der Waals surface area contributed by atoms with Crippen LogP contribution >= 0.6 is 23.2 Å². The first-order valence-electron chi connectivity index (χ1n) is 5.28. The van der Waals surface area contributed by atoms with Crippen LogP contribution in [0.25, 0.3) is 0 Å². The Bertz CT molecular complexity index is 449. The first-order chi connectivity index (χ1) is 8.52. The number of Topliss-reactive ketones (excluding diaryl/α,β-unsaturated/α-hetero) is 2. The maximum absolute atomic E-state index is 11.3. The fourth-order valence-electron chi connectivity index (χ4n) is 1.26. The predicted molar refractivity (Wildman–Crippen MR) is 69.8 cm³/mol. The number of ether oxygens (including phenoxy) is 1. The van der Waals surface area contributed by atoms with Gasteiger partial charge in [-0.1, -0.05) is 29.3 Å². The number of hydrogen-bond acceptors (Lipinski definition) is 4. The predicted octanol–water partition coefficient (Wildman–Crippen LogP) is 2.00. The molecule has 98 valence electrons. The SMILES string of the molecule is NCC(=O)CC(=O)COCc1ccc(Cl)cc1Cl. The van der Waals surface area contributed by atoms with E-state index < -0.39 is 0 Å². The number of halogens is 2. The Morgan fingerprint density at radius 3 is 2.56 bits per heavy atom. The lowest BCUT2D eigenvalue weighted by atomic mass is 10.2. The molecule has 0 fully saturated rings. The molecule has 1 aromatic carbocycles. The average molecular weight is 290 g/mol. The highest BCUT2D eigenvalue weighted by Gasteiger charge is 2.08. The van der Waals surface area contributed by atoms with Crippen molar-refractivity contribution in [3.8, 4) is 0 Å². The Morgan fingerprint density at radius 2 is 1.94 bits per heavy atom. The van der Waals surface area contributed by atoms with E-state index in [9.17, 15) is 9.59 Å². The Kier molecular flexibility index (Phi) is 6.29. The fraction of sp³-hybridized carbons (Fsp3) is 0.333. The maximum Gasteiger partial charge on any atom is 0.165 e. The smallest absolute Gasteiger partial charge is 0.165 e.